The first kappa shape index (κ1) is 13.1. The minimum Gasteiger partial charge on any atom is -0.362 e. The lowest BCUT2D eigenvalue weighted by atomic mass is 9.87. The molecule has 1 atom stereocenters. The number of nitrogens with one attached hydrogen (secondary N) is 1. The normalized spacial score (nSPS) is 16.6. The van der Waals surface area contributed by atoms with Crippen LogP contribution in [0.4, 0.5) is 0 Å². The second-order valence-electron chi connectivity index (χ2n) is 4.42. The van der Waals surface area contributed by atoms with Gasteiger partial charge in [0.25, 0.3) is 0 Å². The van der Waals surface area contributed by atoms with Crippen molar-refractivity contribution in [2.75, 3.05) is 7.05 Å². The third-order valence-corrected chi connectivity index (χ3v) is 2.39. The zero-order valence-corrected chi connectivity index (χ0v) is 10.1. The van der Waals surface area contributed by atoms with Gasteiger partial charge in [0.15, 0.2) is 5.78 Å². The van der Waals surface area contributed by atoms with E-state index in [2.05, 4.69) is 24.2 Å². The van der Waals surface area contributed by atoms with E-state index in [1.807, 2.05) is 13.8 Å². The highest BCUT2D eigenvalue weighted by Crippen LogP contribution is 2.17. The van der Waals surface area contributed by atoms with Crippen molar-refractivity contribution in [2.24, 2.45) is 10.9 Å². The minimum absolute atomic E-state index is 0.161. The van der Waals surface area contributed by atoms with Crippen LogP contribution in [0.25, 0.3) is 0 Å². The molecule has 0 saturated heterocycles. The van der Waals surface area contributed by atoms with E-state index in [-0.39, 0.29) is 5.78 Å². The monoisotopic (exact) mass is 198 g/mol. The predicted molar refractivity (Wildman–Crippen MR) is 60.7 cm³/mol. The molecule has 0 aromatic heterocycles. The maximum Gasteiger partial charge on any atom is 0.154 e. The number of ketones is 1. The van der Waals surface area contributed by atoms with Gasteiger partial charge in [-0.15, -0.1) is 0 Å². The summed E-state index contributed by atoms with van der Waals surface area (Å²) < 4.78 is 0. The van der Waals surface area contributed by atoms with Gasteiger partial charge in [0.2, 0.25) is 0 Å². The molecule has 14 heavy (non-hydrogen) atoms. The Kier molecular flexibility index (Phi) is 4.81. The van der Waals surface area contributed by atoms with E-state index in [1.54, 1.807) is 14.0 Å². The number of Topliss-reactive ketones (excluding diaryl/α,β-unsaturated/α-hetero) is 1. The summed E-state index contributed by atoms with van der Waals surface area (Å²) in [6, 6.07) is 0. The third kappa shape index (κ3) is 3.90. The molecule has 0 spiro atoms. The van der Waals surface area contributed by atoms with Crippen molar-refractivity contribution in [2.45, 2.75) is 46.6 Å². The first-order valence-electron chi connectivity index (χ1n) is 5.04. The molecule has 0 aliphatic rings. The Morgan fingerprint density at radius 2 is 1.93 bits per heavy atom. The highest BCUT2D eigenvalue weighted by molar-refractivity contribution is 5.91. The van der Waals surface area contributed by atoms with E-state index < -0.39 is 5.54 Å². The summed E-state index contributed by atoms with van der Waals surface area (Å²) in [6.45, 7) is 9.66. The number of rotatable bonds is 4. The Bertz CT molecular complexity index is 233. The lowest BCUT2D eigenvalue weighted by Gasteiger charge is -2.30. The molecule has 0 aliphatic heterocycles. The molecule has 0 saturated carbocycles. The highest BCUT2D eigenvalue weighted by Gasteiger charge is 2.30. The van der Waals surface area contributed by atoms with Crippen LogP contribution in [0.3, 0.4) is 0 Å². The van der Waals surface area contributed by atoms with Crippen molar-refractivity contribution in [1.29, 1.82) is 0 Å². The molecular weight excluding hydrogens is 176 g/mol. The van der Waals surface area contributed by atoms with Crippen LogP contribution in [0.2, 0.25) is 0 Å². The van der Waals surface area contributed by atoms with E-state index in [9.17, 15) is 4.79 Å². The molecule has 1 unspecified atom stereocenters. The fourth-order valence-corrected chi connectivity index (χ4v) is 1.55. The fraction of sp³-hybridized carbons (Fsp3) is 0.818. The minimum atomic E-state index is -0.474. The summed E-state index contributed by atoms with van der Waals surface area (Å²) in [5, 5.41) is 3.17. The van der Waals surface area contributed by atoms with Gasteiger partial charge in [0.1, 0.15) is 0 Å². The maximum atomic E-state index is 11.5. The summed E-state index contributed by atoms with van der Waals surface area (Å²) in [5.74, 6) is 1.46. The smallest absolute Gasteiger partial charge is 0.154 e. The SMILES string of the molecule is CN=C(C)NC(C)(CC(C)C)C(C)=O. The molecule has 0 bridgehead atoms. The molecule has 0 aromatic carbocycles. The van der Waals surface area contributed by atoms with Crippen LogP contribution in [-0.2, 0) is 4.79 Å². The van der Waals surface area contributed by atoms with E-state index in [0.717, 1.165) is 12.3 Å². The number of aliphatic imine (C=N–C) groups is 1. The summed E-state index contributed by atoms with van der Waals surface area (Å²) in [6.07, 6.45) is 0.829. The number of nitrogens with zero attached hydrogens (tertiary/aromatic N) is 1. The first-order valence-corrected chi connectivity index (χ1v) is 5.04. The van der Waals surface area contributed by atoms with Gasteiger partial charge < -0.3 is 5.32 Å². The lowest BCUT2D eigenvalue weighted by molar-refractivity contribution is -0.122. The zero-order valence-electron chi connectivity index (χ0n) is 10.1. The van der Waals surface area contributed by atoms with Crippen LogP contribution < -0.4 is 5.32 Å². The Morgan fingerprint density at radius 1 is 1.43 bits per heavy atom. The molecule has 3 heteroatoms. The molecule has 1 N–H and O–H groups in total. The van der Waals surface area contributed by atoms with Crippen LogP contribution in [0.15, 0.2) is 4.99 Å². The summed E-state index contributed by atoms with van der Waals surface area (Å²) in [4.78, 5) is 15.6. The first-order chi connectivity index (χ1) is 6.31. The fourth-order valence-electron chi connectivity index (χ4n) is 1.55. The Balaban J connectivity index is 4.64. The van der Waals surface area contributed by atoms with E-state index >= 15 is 0 Å². The number of carbonyl (C=O) groups is 1. The average Bonchev–Trinajstić information content (AvgIpc) is 2.02. The standard InChI is InChI=1S/C11H22N2O/c1-8(2)7-11(5,9(3)14)13-10(4)12-6/h8H,7H2,1-6H3,(H,12,13). The van der Waals surface area contributed by atoms with Gasteiger partial charge in [0, 0.05) is 7.05 Å². The summed E-state index contributed by atoms with van der Waals surface area (Å²) >= 11 is 0. The molecule has 0 amide bonds. The number of hydrogen-bond donors (Lipinski definition) is 1. The molecule has 0 radical (unpaired) electrons. The summed E-state index contributed by atoms with van der Waals surface area (Å²) in [5.41, 5.74) is -0.474. The van der Waals surface area contributed by atoms with E-state index in [0.29, 0.717) is 5.92 Å². The quantitative estimate of drug-likeness (QED) is 0.554. The van der Waals surface area contributed by atoms with Crippen LogP contribution in [0, 0.1) is 5.92 Å². The average molecular weight is 198 g/mol. The van der Waals surface area contributed by atoms with E-state index in [1.165, 1.54) is 0 Å². The van der Waals surface area contributed by atoms with Crippen molar-refractivity contribution in [1.82, 2.24) is 5.32 Å². The lowest BCUT2D eigenvalue weighted by Crippen LogP contribution is -2.51. The number of hydrogen-bond acceptors (Lipinski definition) is 2. The second kappa shape index (κ2) is 5.13. The van der Waals surface area contributed by atoms with Gasteiger partial charge >= 0.3 is 0 Å². The molecule has 0 aliphatic carbocycles. The molecule has 0 aromatic rings. The molecule has 0 fully saturated rings. The maximum absolute atomic E-state index is 11.5. The Labute approximate surface area is 87.0 Å². The van der Waals surface area contributed by atoms with Crippen LogP contribution in [0.1, 0.15) is 41.0 Å². The summed E-state index contributed by atoms with van der Waals surface area (Å²) in [7, 11) is 1.72. The van der Waals surface area contributed by atoms with Crippen molar-refractivity contribution < 1.29 is 4.79 Å². The van der Waals surface area contributed by atoms with Gasteiger partial charge in [-0.1, -0.05) is 13.8 Å². The zero-order chi connectivity index (χ0) is 11.4. The van der Waals surface area contributed by atoms with Crippen LogP contribution in [-0.4, -0.2) is 24.2 Å². The largest absolute Gasteiger partial charge is 0.362 e. The van der Waals surface area contributed by atoms with Gasteiger partial charge in [-0.25, -0.2) is 0 Å². The number of amidine groups is 1. The van der Waals surface area contributed by atoms with E-state index in [4.69, 9.17) is 0 Å². The second-order valence-corrected chi connectivity index (χ2v) is 4.42. The van der Waals surface area contributed by atoms with Crippen molar-refractivity contribution in [3.63, 3.8) is 0 Å². The Hall–Kier alpha value is -0.860. The van der Waals surface area contributed by atoms with Crippen molar-refractivity contribution >= 4 is 11.6 Å². The Morgan fingerprint density at radius 3 is 2.21 bits per heavy atom. The van der Waals surface area contributed by atoms with Crippen LogP contribution in [0.5, 0.6) is 0 Å². The van der Waals surface area contributed by atoms with Gasteiger partial charge in [0.05, 0.1) is 11.4 Å². The number of carbonyl (C=O) groups excluding carboxylic acids is 1. The molecular formula is C11H22N2O. The van der Waals surface area contributed by atoms with Crippen molar-refractivity contribution in [3.8, 4) is 0 Å². The van der Waals surface area contributed by atoms with Gasteiger partial charge in [-0.2, -0.15) is 0 Å². The third-order valence-electron chi connectivity index (χ3n) is 2.39. The van der Waals surface area contributed by atoms with Crippen molar-refractivity contribution in [3.05, 3.63) is 0 Å². The molecule has 3 nitrogen and oxygen atoms in total. The topological polar surface area (TPSA) is 41.5 Å². The molecule has 0 heterocycles. The van der Waals surface area contributed by atoms with Gasteiger partial charge in [-0.3, -0.25) is 9.79 Å². The molecule has 82 valence electrons. The predicted octanol–water partition coefficient (Wildman–Crippen LogP) is 2.02. The molecule has 0 rings (SSSR count). The van der Waals surface area contributed by atoms with Crippen LogP contribution >= 0.6 is 0 Å². The highest BCUT2D eigenvalue weighted by atomic mass is 16.1. The van der Waals surface area contributed by atoms with Gasteiger partial charge in [-0.05, 0) is 33.1 Å².